The SMILES string of the molecule is CC1Cc2nc(SCC(=O)NC(C)(C)C)n(C)c(=O)c2S1. The van der Waals surface area contributed by atoms with E-state index < -0.39 is 0 Å². The molecule has 1 aliphatic heterocycles. The van der Waals surface area contributed by atoms with Crippen molar-refractivity contribution >= 4 is 29.4 Å². The molecule has 1 amide bonds. The number of rotatable bonds is 3. The lowest BCUT2D eigenvalue weighted by Gasteiger charge is -2.20. The fourth-order valence-electron chi connectivity index (χ4n) is 2.09. The Morgan fingerprint density at radius 1 is 1.52 bits per heavy atom. The minimum absolute atomic E-state index is 0.00641. The minimum atomic E-state index is -0.249. The molecule has 0 radical (unpaired) electrons. The van der Waals surface area contributed by atoms with Crippen LogP contribution in [0.1, 0.15) is 33.4 Å². The van der Waals surface area contributed by atoms with E-state index in [-0.39, 0.29) is 22.8 Å². The van der Waals surface area contributed by atoms with Crippen LogP contribution in [0, 0.1) is 0 Å². The van der Waals surface area contributed by atoms with Gasteiger partial charge in [0.05, 0.1) is 16.3 Å². The molecule has 0 aliphatic carbocycles. The maximum Gasteiger partial charge on any atom is 0.267 e. The van der Waals surface area contributed by atoms with E-state index in [0.717, 1.165) is 17.0 Å². The van der Waals surface area contributed by atoms with Gasteiger partial charge in [-0.2, -0.15) is 0 Å². The number of amides is 1. The zero-order valence-corrected chi connectivity index (χ0v) is 14.7. The summed E-state index contributed by atoms with van der Waals surface area (Å²) in [6.45, 7) is 7.92. The number of aromatic nitrogens is 2. The van der Waals surface area contributed by atoms with Crippen molar-refractivity contribution < 1.29 is 4.79 Å². The van der Waals surface area contributed by atoms with Crippen molar-refractivity contribution in [1.82, 2.24) is 14.9 Å². The van der Waals surface area contributed by atoms with Gasteiger partial charge in [-0.3, -0.25) is 14.2 Å². The molecule has 1 aliphatic rings. The maximum atomic E-state index is 12.3. The fraction of sp³-hybridized carbons (Fsp3) is 0.643. The Morgan fingerprint density at radius 3 is 2.81 bits per heavy atom. The predicted octanol–water partition coefficient (Wildman–Crippen LogP) is 1.82. The number of hydrogen-bond donors (Lipinski definition) is 1. The molecule has 116 valence electrons. The molecule has 1 aromatic heterocycles. The molecular formula is C14H21N3O2S2. The van der Waals surface area contributed by atoms with E-state index in [9.17, 15) is 9.59 Å². The lowest BCUT2D eigenvalue weighted by molar-refractivity contribution is -0.119. The number of thioether (sulfide) groups is 2. The first-order valence-corrected chi connectivity index (χ1v) is 8.74. The molecule has 21 heavy (non-hydrogen) atoms. The monoisotopic (exact) mass is 327 g/mol. The van der Waals surface area contributed by atoms with Crippen LogP contribution < -0.4 is 10.9 Å². The number of nitrogens with zero attached hydrogens (tertiary/aromatic N) is 2. The lowest BCUT2D eigenvalue weighted by atomic mass is 10.1. The van der Waals surface area contributed by atoms with Crippen LogP contribution >= 0.6 is 23.5 Å². The van der Waals surface area contributed by atoms with Crippen LogP contribution in [0.2, 0.25) is 0 Å². The van der Waals surface area contributed by atoms with Crippen LogP contribution in [0.25, 0.3) is 0 Å². The summed E-state index contributed by atoms with van der Waals surface area (Å²) < 4.78 is 1.54. The summed E-state index contributed by atoms with van der Waals surface area (Å²) in [5.74, 6) is 0.212. The van der Waals surface area contributed by atoms with Crippen LogP contribution in [0.4, 0.5) is 0 Å². The van der Waals surface area contributed by atoms with Crippen molar-refractivity contribution in [2.24, 2.45) is 7.05 Å². The zero-order valence-electron chi connectivity index (χ0n) is 13.0. The van der Waals surface area contributed by atoms with Crippen LogP contribution in [-0.2, 0) is 18.3 Å². The van der Waals surface area contributed by atoms with Gasteiger partial charge in [-0.05, 0) is 20.8 Å². The van der Waals surface area contributed by atoms with Crippen LogP contribution in [0.5, 0.6) is 0 Å². The van der Waals surface area contributed by atoms with Gasteiger partial charge >= 0.3 is 0 Å². The van der Waals surface area contributed by atoms with E-state index in [2.05, 4.69) is 17.2 Å². The average Bonchev–Trinajstić information content (AvgIpc) is 2.71. The molecule has 0 saturated carbocycles. The first kappa shape index (κ1) is 16.4. The molecule has 0 fully saturated rings. The molecule has 7 heteroatoms. The van der Waals surface area contributed by atoms with Gasteiger partial charge in [0.2, 0.25) is 5.91 Å². The van der Waals surface area contributed by atoms with Crippen LogP contribution in [0.3, 0.4) is 0 Å². The van der Waals surface area contributed by atoms with Gasteiger partial charge in [0.15, 0.2) is 5.16 Å². The van der Waals surface area contributed by atoms with Crippen molar-refractivity contribution in [3.8, 4) is 0 Å². The molecule has 1 N–H and O–H groups in total. The number of nitrogens with one attached hydrogen (secondary N) is 1. The van der Waals surface area contributed by atoms with E-state index in [0.29, 0.717) is 10.4 Å². The standard InChI is InChI=1S/C14H21N3O2S2/c1-8-6-9-11(21-8)12(19)17(5)13(15-9)20-7-10(18)16-14(2,3)4/h8H,6-7H2,1-5H3,(H,16,18). The summed E-state index contributed by atoms with van der Waals surface area (Å²) in [5, 5.41) is 3.91. The van der Waals surface area contributed by atoms with Crippen LogP contribution in [0.15, 0.2) is 14.8 Å². The highest BCUT2D eigenvalue weighted by molar-refractivity contribution is 8.00. The van der Waals surface area contributed by atoms with Crippen molar-refractivity contribution in [3.05, 3.63) is 16.0 Å². The molecule has 0 spiro atoms. The highest BCUT2D eigenvalue weighted by atomic mass is 32.2. The molecule has 1 atom stereocenters. The van der Waals surface area contributed by atoms with E-state index in [1.807, 2.05) is 20.8 Å². The van der Waals surface area contributed by atoms with E-state index >= 15 is 0 Å². The number of hydrogen-bond acceptors (Lipinski definition) is 5. The third-order valence-electron chi connectivity index (χ3n) is 2.93. The topological polar surface area (TPSA) is 64.0 Å². The minimum Gasteiger partial charge on any atom is -0.351 e. The zero-order chi connectivity index (χ0) is 15.8. The second-order valence-electron chi connectivity index (χ2n) is 6.25. The van der Waals surface area contributed by atoms with Crippen molar-refractivity contribution in [2.75, 3.05) is 5.75 Å². The van der Waals surface area contributed by atoms with Gasteiger partial charge in [-0.1, -0.05) is 18.7 Å². The Kier molecular flexibility index (Phi) is 4.72. The number of carbonyl (C=O) groups is 1. The second-order valence-corrected chi connectivity index (χ2v) is 8.64. The largest absolute Gasteiger partial charge is 0.351 e. The normalized spacial score (nSPS) is 17.7. The van der Waals surface area contributed by atoms with Crippen molar-refractivity contribution in [1.29, 1.82) is 0 Å². The van der Waals surface area contributed by atoms with Gasteiger partial charge in [-0.25, -0.2) is 4.98 Å². The van der Waals surface area contributed by atoms with E-state index in [1.54, 1.807) is 23.4 Å². The maximum absolute atomic E-state index is 12.3. The molecule has 0 aromatic carbocycles. The quantitative estimate of drug-likeness (QED) is 0.678. The average molecular weight is 327 g/mol. The van der Waals surface area contributed by atoms with Gasteiger partial charge in [0, 0.05) is 24.3 Å². The van der Waals surface area contributed by atoms with Crippen molar-refractivity contribution in [2.45, 2.75) is 55.0 Å². The molecule has 1 aromatic rings. The Hall–Kier alpha value is -0.950. The Morgan fingerprint density at radius 2 is 2.19 bits per heavy atom. The van der Waals surface area contributed by atoms with Crippen molar-refractivity contribution in [3.63, 3.8) is 0 Å². The molecule has 5 nitrogen and oxygen atoms in total. The summed E-state index contributed by atoms with van der Waals surface area (Å²) in [6.07, 6.45) is 0.817. The number of fused-ring (bicyclic) bond motifs is 1. The summed E-state index contributed by atoms with van der Waals surface area (Å²) in [7, 11) is 1.71. The summed E-state index contributed by atoms with van der Waals surface area (Å²) in [4.78, 5) is 29.5. The summed E-state index contributed by atoms with van der Waals surface area (Å²) in [6, 6.07) is 0. The molecule has 0 saturated heterocycles. The Labute approximate surface area is 133 Å². The molecule has 1 unspecified atom stereocenters. The van der Waals surface area contributed by atoms with E-state index in [1.165, 1.54) is 11.8 Å². The highest BCUT2D eigenvalue weighted by Crippen LogP contribution is 2.33. The van der Waals surface area contributed by atoms with Gasteiger partial charge in [0.25, 0.3) is 5.56 Å². The molecule has 2 rings (SSSR count). The number of carbonyl (C=O) groups excluding carboxylic acids is 1. The molecule has 2 heterocycles. The van der Waals surface area contributed by atoms with E-state index in [4.69, 9.17) is 0 Å². The third kappa shape index (κ3) is 4.03. The van der Waals surface area contributed by atoms with Gasteiger partial charge in [-0.15, -0.1) is 11.8 Å². The first-order valence-electron chi connectivity index (χ1n) is 6.88. The Balaban J connectivity index is 2.12. The summed E-state index contributed by atoms with van der Waals surface area (Å²) in [5.41, 5.74) is 0.614. The van der Waals surface area contributed by atoms with Gasteiger partial charge < -0.3 is 5.32 Å². The Bertz CT molecular complexity index is 620. The molecule has 0 bridgehead atoms. The van der Waals surface area contributed by atoms with Crippen LogP contribution in [-0.4, -0.2) is 32.0 Å². The smallest absolute Gasteiger partial charge is 0.267 e. The van der Waals surface area contributed by atoms with Gasteiger partial charge in [0.1, 0.15) is 0 Å². The predicted molar refractivity (Wildman–Crippen MR) is 87.1 cm³/mol. The lowest BCUT2D eigenvalue weighted by Crippen LogP contribution is -2.41. The highest BCUT2D eigenvalue weighted by Gasteiger charge is 2.25. The second kappa shape index (κ2) is 6.04. The summed E-state index contributed by atoms with van der Waals surface area (Å²) >= 11 is 2.90. The third-order valence-corrected chi connectivity index (χ3v) is 5.17. The fourth-order valence-corrected chi connectivity index (χ4v) is 4.02. The first-order chi connectivity index (χ1) is 9.67. The molecular weight excluding hydrogens is 306 g/mol.